The summed E-state index contributed by atoms with van der Waals surface area (Å²) in [6, 6.07) is 11.9. The zero-order valence-corrected chi connectivity index (χ0v) is 15.8. The van der Waals surface area contributed by atoms with E-state index in [0.29, 0.717) is 27.2 Å². The van der Waals surface area contributed by atoms with Crippen molar-refractivity contribution in [2.75, 3.05) is 32.6 Å². The fraction of sp³-hybridized carbons (Fsp3) is 0.222. The second-order valence-corrected chi connectivity index (χ2v) is 6.15. The molecule has 0 aromatic heterocycles. The van der Waals surface area contributed by atoms with Gasteiger partial charge < -0.3 is 19.7 Å². The number of halogens is 2. The highest BCUT2D eigenvalue weighted by atomic mass is 35.5. The quantitative estimate of drug-likeness (QED) is 0.777. The lowest BCUT2D eigenvalue weighted by molar-refractivity contribution is -0.135. The molecule has 1 N–H and O–H groups in total. The van der Waals surface area contributed by atoms with E-state index in [1.807, 2.05) is 0 Å². The molecule has 0 bridgehead atoms. The molecule has 2 aromatic rings. The molecule has 2 amide bonds. The second-order valence-electron chi connectivity index (χ2n) is 5.33. The highest BCUT2D eigenvalue weighted by molar-refractivity contribution is 6.39. The molecule has 0 aliphatic heterocycles. The van der Waals surface area contributed by atoms with E-state index < -0.39 is 5.91 Å². The van der Waals surface area contributed by atoms with Crippen LogP contribution in [0, 0.1) is 0 Å². The number of nitrogens with one attached hydrogen (secondary N) is 1. The molecule has 0 saturated heterocycles. The Morgan fingerprint density at radius 1 is 1.04 bits per heavy atom. The summed E-state index contributed by atoms with van der Waals surface area (Å²) in [6.07, 6.45) is 0. The summed E-state index contributed by atoms with van der Waals surface area (Å²) >= 11 is 12.0. The first-order chi connectivity index (χ1) is 12.4. The van der Waals surface area contributed by atoms with Crippen molar-refractivity contribution in [3.05, 3.63) is 52.5 Å². The number of carbonyl (C=O) groups is 2. The Labute approximate surface area is 161 Å². The smallest absolute Gasteiger partial charge is 0.260 e. The van der Waals surface area contributed by atoms with Gasteiger partial charge in [0.15, 0.2) is 18.1 Å². The van der Waals surface area contributed by atoms with Crippen LogP contribution in [0.2, 0.25) is 10.0 Å². The molecule has 0 spiro atoms. The zero-order chi connectivity index (χ0) is 19.1. The maximum Gasteiger partial charge on any atom is 0.260 e. The van der Waals surface area contributed by atoms with Gasteiger partial charge in [0.05, 0.1) is 29.4 Å². The van der Waals surface area contributed by atoms with Gasteiger partial charge >= 0.3 is 0 Å². The molecule has 0 heterocycles. The lowest BCUT2D eigenvalue weighted by Gasteiger charge is -2.18. The third-order valence-electron chi connectivity index (χ3n) is 3.45. The van der Waals surface area contributed by atoms with Crippen LogP contribution < -0.4 is 14.8 Å². The summed E-state index contributed by atoms with van der Waals surface area (Å²) in [5.41, 5.74) is 0.312. The van der Waals surface area contributed by atoms with Crippen molar-refractivity contribution < 1.29 is 19.1 Å². The predicted octanol–water partition coefficient (Wildman–Crippen LogP) is 3.48. The summed E-state index contributed by atoms with van der Waals surface area (Å²) in [4.78, 5) is 25.5. The SMILES string of the molecule is COc1ccccc1OCC(=O)N(C)CC(=O)Nc1c(Cl)cccc1Cl. The van der Waals surface area contributed by atoms with Crippen molar-refractivity contribution in [2.24, 2.45) is 0 Å². The van der Waals surface area contributed by atoms with Crippen LogP contribution in [-0.2, 0) is 9.59 Å². The van der Waals surface area contributed by atoms with Crippen molar-refractivity contribution in [2.45, 2.75) is 0 Å². The van der Waals surface area contributed by atoms with Gasteiger partial charge in [0.25, 0.3) is 5.91 Å². The fourth-order valence-electron chi connectivity index (χ4n) is 2.09. The third-order valence-corrected chi connectivity index (χ3v) is 4.08. The van der Waals surface area contributed by atoms with Gasteiger partial charge in [-0.2, -0.15) is 0 Å². The first kappa shape index (κ1) is 19.9. The van der Waals surface area contributed by atoms with E-state index in [0.717, 1.165) is 0 Å². The van der Waals surface area contributed by atoms with Gasteiger partial charge in [-0.15, -0.1) is 0 Å². The molecule has 0 fully saturated rings. The van der Waals surface area contributed by atoms with Gasteiger partial charge in [0.2, 0.25) is 5.91 Å². The predicted molar refractivity (Wildman–Crippen MR) is 101 cm³/mol. The average molecular weight is 397 g/mol. The molecule has 6 nitrogen and oxygen atoms in total. The molecule has 0 aliphatic carbocycles. The summed E-state index contributed by atoms with van der Waals surface area (Å²) in [5.74, 6) is 0.183. The maximum atomic E-state index is 12.2. The van der Waals surface area contributed by atoms with E-state index >= 15 is 0 Å². The minimum Gasteiger partial charge on any atom is -0.493 e. The minimum atomic E-state index is -0.423. The van der Waals surface area contributed by atoms with E-state index in [-0.39, 0.29) is 19.1 Å². The number of benzene rings is 2. The van der Waals surface area contributed by atoms with Crippen molar-refractivity contribution in [1.29, 1.82) is 0 Å². The Morgan fingerprint density at radius 2 is 1.65 bits per heavy atom. The molecule has 0 aliphatic rings. The Bertz CT molecular complexity index is 778. The van der Waals surface area contributed by atoms with Gasteiger partial charge in [-0.05, 0) is 24.3 Å². The zero-order valence-electron chi connectivity index (χ0n) is 14.3. The number of likely N-dealkylation sites (N-methyl/N-ethyl adjacent to an activating group) is 1. The number of anilines is 1. The third kappa shape index (κ3) is 5.28. The standard InChI is InChI=1S/C18H18Cl2N2O4/c1-22(10-16(23)21-18-12(19)6-5-7-13(18)20)17(24)11-26-15-9-4-3-8-14(15)25-2/h3-9H,10-11H2,1-2H3,(H,21,23). The summed E-state index contributed by atoms with van der Waals surface area (Å²) in [7, 11) is 3.02. The topological polar surface area (TPSA) is 67.9 Å². The van der Waals surface area contributed by atoms with Crippen LogP contribution in [-0.4, -0.2) is 44.0 Å². The lowest BCUT2D eigenvalue weighted by Crippen LogP contribution is -2.37. The first-order valence-electron chi connectivity index (χ1n) is 7.66. The lowest BCUT2D eigenvalue weighted by atomic mass is 10.3. The number of para-hydroxylation sites is 3. The van der Waals surface area contributed by atoms with Crippen LogP contribution in [0.3, 0.4) is 0 Å². The van der Waals surface area contributed by atoms with E-state index in [1.165, 1.54) is 19.1 Å². The van der Waals surface area contributed by atoms with E-state index in [9.17, 15) is 9.59 Å². The Balaban J connectivity index is 1.89. The average Bonchev–Trinajstić information content (AvgIpc) is 2.63. The molecule has 26 heavy (non-hydrogen) atoms. The summed E-state index contributed by atoms with van der Waals surface area (Å²) in [6.45, 7) is -0.396. The number of rotatable bonds is 7. The minimum absolute atomic E-state index is 0.171. The Kier molecular flexibility index (Phi) is 7.12. The highest BCUT2D eigenvalue weighted by Gasteiger charge is 2.16. The van der Waals surface area contributed by atoms with Crippen molar-refractivity contribution in [3.63, 3.8) is 0 Å². The molecule has 2 aromatic carbocycles. The van der Waals surface area contributed by atoms with Gasteiger partial charge in [-0.1, -0.05) is 41.4 Å². The molecule has 0 radical (unpaired) electrons. The van der Waals surface area contributed by atoms with Crippen molar-refractivity contribution in [1.82, 2.24) is 4.90 Å². The molecular weight excluding hydrogens is 379 g/mol. The van der Waals surface area contributed by atoms with Gasteiger partial charge in [-0.25, -0.2) is 0 Å². The second kappa shape index (κ2) is 9.31. The number of methoxy groups -OCH3 is 1. The van der Waals surface area contributed by atoms with E-state index in [2.05, 4.69) is 5.32 Å². The van der Waals surface area contributed by atoms with Crippen LogP contribution >= 0.6 is 23.2 Å². The first-order valence-corrected chi connectivity index (χ1v) is 8.41. The van der Waals surface area contributed by atoms with Crippen LogP contribution in [0.1, 0.15) is 0 Å². The monoisotopic (exact) mass is 396 g/mol. The van der Waals surface area contributed by atoms with Gasteiger partial charge in [-0.3, -0.25) is 9.59 Å². The van der Waals surface area contributed by atoms with E-state index in [4.69, 9.17) is 32.7 Å². The maximum absolute atomic E-state index is 12.2. The van der Waals surface area contributed by atoms with Crippen LogP contribution in [0.5, 0.6) is 11.5 Å². The molecule has 8 heteroatoms. The summed E-state index contributed by atoms with van der Waals surface area (Å²) < 4.78 is 10.6. The van der Waals surface area contributed by atoms with E-state index in [1.54, 1.807) is 42.5 Å². The van der Waals surface area contributed by atoms with Crippen LogP contribution in [0.4, 0.5) is 5.69 Å². The normalized spacial score (nSPS) is 10.2. The van der Waals surface area contributed by atoms with Gasteiger partial charge in [0.1, 0.15) is 0 Å². The molecule has 0 unspecified atom stereocenters. The largest absolute Gasteiger partial charge is 0.493 e. The molecule has 0 atom stereocenters. The van der Waals surface area contributed by atoms with Crippen molar-refractivity contribution in [3.8, 4) is 11.5 Å². The summed E-state index contributed by atoms with van der Waals surface area (Å²) in [5, 5.41) is 3.24. The Morgan fingerprint density at radius 3 is 2.27 bits per heavy atom. The molecule has 138 valence electrons. The number of hydrogen-bond donors (Lipinski definition) is 1. The molecule has 0 saturated carbocycles. The van der Waals surface area contributed by atoms with Gasteiger partial charge in [0, 0.05) is 7.05 Å². The van der Waals surface area contributed by atoms with Crippen LogP contribution in [0.25, 0.3) is 0 Å². The number of carbonyl (C=O) groups excluding carboxylic acids is 2. The van der Waals surface area contributed by atoms with Crippen LogP contribution in [0.15, 0.2) is 42.5 Å². The number of ether oxygens (including phenoxy) is 2. The number of amides is 2. The highest BCUT2D eigenvalue weighted by Crippen LogP contribution is 2.29. The number of nitrogens with zero attached hydrogens (tertiary/aromatic N) is 1. The molecular formula is C18H18Cl2N2O4. The van der Waals surface area contributed by atoms with Crippen molar-refractivity contribution >= 4 is 40.7 Å². The number of hydrogen-bond acceptors (Lipinski definition) is 4. The fourth-order valence-corrected chi connectivity index (χ4v) is 2.58. The molecule has 2 rings (SSSR count). The Hall–Kier alpha value is -2.44.